The fraction of sp³-hybridized carbons (Fsp3) is 1.00. The molecule has 2 rings (SSSR count). The van der Waals surface area contributed by atoms with Gasteiger partial charge in [0.25, 0.3) is 0 Å². The smallest absolute Gasteiger partial charge is 0.0498 e. The van der Waals surface area contributed by atoms with Gasteiger partial charge in [0.15, 0.2) is 0 Å². The Morgan fingerprint density at radius 1 is 1.00 bits per heavy atom. The molecule has 1 radical (unpaired) electrons. The Kier molecular flexibility index (Phi) is 0.884. The summed E-state index contributed by atoms with van der Waals surface area (Å²) < 4.78 is 0. The van der Waals surface area contributed by atoms with E-state index in [1.54, 1.807) is 0 Å². The Bertz CT molecular complexity index is 86.6. The predicted octanol–water partition coefficient (Wildman–Crippen LogP) is 1.31. The normalized spacial score (nSPS) is 33.0. The molecular formula is C7H12N. The van der Waals surface area contributed by atoms with Crippen LogP contribution in [0.4, 0.5) is 0 Å². The van der Waals surface area contributed by atoms with Crippen molar-refractivity contribution in [2.45, 2.75) is 37.6 Å². The van der Waals surface area contributed by atoms with Crippen molar-refractivity contribution < 1.29 is 0 Å². The van der Waals surface area contributed by atoms with E-state index in [1.807, 2.05) is 0 Å². The van der Waals surface area contributed by atoms with E-state index < -0.39 is 0 Å². The van der Waals surface area contributed by atoms with Gasteiger partial charge >= 0.3 is 0 Å². The average Bonchev–Trinajstić information content (AvgIpc) is 2.52. The highest BCUT2D eigenvalue weighted by Gasteiger charge is 2.43. The third kappa shape index (κ3) is 0.655. The first-order chi connectivity index (χ1) is 3.91. The monoisotopic (exact) mass is 110 g/mol. The van der Waals surface area contributed by atoms with Crippen molar-refractivity contribution in [3.8, 4) is 0 Å². The molecule has 0 unspecified atom stereocenters. The van der Waals surface area contributed by atoms with Gasteiger partial charge in [0.2, 0.25) is 0 Å². The lowest BCUT2D eigenvalue weighted by molar-refractivity contribution is 0.410. The van der Waals surface area contributed by atoms with E-state index in [2.05, 4.69) is 5.32 Å². The van der Waals surface area contributed by atoms with E-state index in [0.29, 0.717) is 5.54 Å². The second-order valence-electron chi connectivity index (χ2n) is 3.10. The summed E-state index contributed by atoms with van der Waals surface area (Å²) in [4.78, 5) is 0. The Morgan fingerprint density at radius 3 is 2.00 bits per heavy atom. The van der Waals surface area contributed by atoms with Crippen LogP contribution in [-0.4, -0.2) is 12.1 Å². The maximum atomic E-state index is 4.39. The lowest BCUT2D eigenvalue weighted by atomic mass is 9.89. The topological polar surface area (TPSA) is 14.1 Å². The first-order valence-electron chi connectivity index (χ1n) is 3.60. The fourth-order valence-electron chi connectivity index (χ4n) is 1.64. The maximum absolute atomic E-state index is 4.39. The van der Waals surface area contributed by atoms with Gasteiger partial charge in [-0.2, -0.15) is 0 Å². The SMILES string of the molecule is C1CCC2(CC1)C[N]2. The maximum Gasteiger partial charge on any atom is 0.0498 e. The third-order valence-electron chi connectivity index (χ3n) is 2.39. The lowest BCUT2D eigenvalue weighted by Crippen LogP contribution is -2.16. The molecule has 0 aromatic carbocycles. The van der Waals surface area contributed by atoms with E-state index in [4.69, 9.17) is 0 Å². The van der Waals surface area contributed by atoms with Crippen molar-refractivity contribution in [3.05, 3.63) is 0 Å². The zero-order chi connectivity index (χ0) is 5.45. The van der Waals surface area contributed by atoms with Crippen molar-refractivity contribution >= 4 is 0 Å². The number of hydrogen-bond acceptors (Lipinski definition) is 0. The van der Waals surface area contributed by atoms with Crippen LogP contribution in [0.15, 0.2) is 0 Å². The first-order valence-corrected chi connectivity index (χ1v) is 3.60. The van der Waals surface area contributed by atoms with Crippen LogP contribution in [0.25, 0.3) is 0 Å². The zero-order valence-corrected chi connectivity index (χ0v) is 5.19. The number of rotatable bonds is 0. The van der Waals surface area contributed by atoms with Gasteiger partial charge in [-0.05, 0) is 12.8 Å². The van der Waals surface area contributed by atoms with Gasteiger partial charge in [0.1, 0.15) is 0 Å². The van der Waals surface area contributed by atoms with Gasteiger partial charge in [-0.1, -0.05) is 19.3 Å². The molecule has 1 aliphatic carbocycles. The molecule has 0 aromatic heterocycles. The molecule has 2 fully saturated rings. The van der Waals surface area contributed by atoms with Gasteiger partial charge < -0.3 is 0 Å². The fourth-order valence-corrected chi connectivity index (χ4v) is 1.64. The van der Waals surface area contributed by atoms with Gasteiger partial charge in [0, 0.05) is 12.1 Å². The van der Waals surface area contributed by atoms with E-state index in [1.165, 1.54) is 38.6 Å². The summed E-state index contributed by atoms with van der Waals surface area (Å²) in [5, 5.41) is 4.39. The molecule has 1 saturated heterocycles. The van der Waals surface area contributed by atoms with E-state index in [-0.39, 0.29) is 0 Å². The second-order valence-corrected chi connectivity index (χ2v) is 3.10. The van der Waals surface area contributed by atoms with Crippen LogP contribution in [0.3, 0.4) is 0 Å². The first kappa shape index (κ1) is 4.80. The summed E-state index contributed by atoms with van der Waals surface area (Å²) in [7, 11) is 0. The minimum atomic E-state index is 0.554. The van der Waals surface area contributed by atoms with Gasteiger partial charge in [-0.15, -0.1) is 0 Å². The molecule has 1 saturated carbocycles. The highest BCUT2D eigenvalue weighted by atomic mass is 15.2. The van der Waals surface area contributed by atoms with Crippen LogP contribution in [0, 0.1) is 0 Å². The van der Waals surface area contributed by atoms with Crippen LogP contribution in [-0.2, 0) is 0 Å². The van der Waals surface area contributed by atoms with E-state index in [0.717, 1.165) is 0 Å². The van der Waals surface area contributed by atoms with Crippen LogP contribution >= 0.6 is 0 Å². The molecule has 1 aliphatic heterocycles. The molecule has 0 bridgehead atoms. The summed E-state index contributed by atoms with van der Waals surface area (Å²) in [6.07, 6.45) is 7.12. The van der Waals surface area contributed by atoms with Crippen LogP contribution in [0.2, 0.25) is 0 Å². The van der Waals surface area contributed by atoms with Crippen LogP contribution in [0.5, 0.6) is 0 Å². The predicted molar refractivity (Wildman–Crippen MR) is 32.8 cm³/mol. The molecule has 1 heterocycles. The molecule has 0 atom stereocenters. The molecule has 8 heavy (non-hydrogen) atoms. The standard InChI is InChI=1S/C7H12N/c1-2-4-7(5-3-1)6-8-7/h1-6H2. The van der Waals surface area contributed by atoms with Crippen molar-refractivity contribution in [2.75, 3.05) is 6.54 Å². The molecular weight excluding hydrogens is 98.1 g/mol. The molecule has 1 nitrogen and oxygen atoms in total. The van der Waals surface area contributed by atoms with E-state index in [9.17, 15) is 0 Å². The lowest BCUT2D eigenvalue weighted by Gasteiger charge is -2.17. The van der Waals surface area contributed by atoms with Crippen LogP contribution < -0.4 is 5.32 Å². The zero-order valence-electron chi connectivity index (χ0n) is 5.19. The average molecular weight is 110 g/mol. The Morgan fingerprint density at radius 2 is 1.62 bits per heavy atom. The molecule has 1 heteroatoms. The molecule has 0 aromatic rings. The summed E-state index contributed by atoms with van der Waals surface area (Å²) >= 11 is 0. The Labute approximate surface area is 50.5 Å². The minimum Gasteiger partial charge on any atom is -0.232 e. The van der Waals surface area contributed by atoms with Crippen molar-refractivity contribution in [2.24, 2.45) is 0 Å². The summed E-state index contributed by atoms with van der Waals surface area (Å²) in [5.74, 6) is 0. The van der Waals surface area contributed by atoms with Gasteiger partial charge in [-0.3, -0.25) is 0 Å². The van der Waals surface area contributed by atoms with Crippen LogP contribution in [0.1, 0.15) is 32.1 Å². The van der Waals surface area contributed by atoms with Crippen molar-refractivity contribution in [1.29, 1.82) is 0 Å². The minimum absolute atomic E-state index is 0.554. The molecule has 45 valence electrons. The molecule has 1 spiro atoms. The Balaban J connectivity index is 1.95. The summed E-state index contributed by atoms with van der Waals surface area (Å²) in [6, 6.07) is 0. The third-order valence-corrected chi connectivity index (χ3v) is 2.39. The highest BCUT2D eigenvalue weighted by Crippen LogP contribution is 2.36. The highest BCUT2D eigenvalue weighted by molar-refractivity contribution is 5.04. The second kappa shape index (κ2) is 1.47. The number of nitrogens with zero attached hydrogens (tertiary/aromatic N) is 1. The Hall–Kier alpha value is -0.0400. The molecule has 0 amide bonds. The van der Waals surface area contributed by atoms with Gasteiger partial charge in [0.05, 0.1) is 0 Å². The van der Waals surface area contributed by atoms with Crippen molar-refractivity contribution in [1.82, 2.24) is 5.32 Å². The molecule has 0 N–H and O–H groups in total. The summed E-state index contributed by atoms with van der Waals surface area (Å²) in [5.41, 5.74) is 0.554. The quantitative estimate of drug-likeness (QED) is 0.417. The van der Waals surface area contributed by atoms with E-state index >= 15 is 0 Å². The largest absolute Gasteiger partial charge is 0.232 e. The van der Waals surface area contributed by atoms with Gasteiger partial charge in [-0.25, -0.2) is 5.32 Å². The number of hydrogen-bond donors (Lipinski definition) is 0. The summed E-state index contributed by atoms with van der Waals surface area (Å²) in [6.45, 7) is 1.19. The van der Waals surface area contributed by atoms with Crippen molar-refractivity contribution in [3.63, 3.8) is 0 Å². The molecule has 2 aliphatic rings.